The van der Waals surface area contributed by atoms with Crippen molar-refractivity contribution in [2.24, 2.45) is 0 Å². The van der Waals surface area contributed by atoms with Crippen molar-refractivity contribution in [2.75, 3.05) is 12.8 Å². The number of anilines is 1. The molecule has 3 aromatic rings. The Balaban J connectivity index is 1.80. The summed E-state index contributed by atoms with van der Waals surface area (Å²) < 4.78 is 5.22. The van der Waals surface area contributed by atoms with Gasteiger partial charge in [-0.25, -0.2) is 9.97 Å². The van der Waals surface area contributed by atoms with Gasteiger partial charge in [0, 0.05) is 16.5 Å². The number of nitrogen functional groups attached to an aromatic ring is 1. The van der Waals surface area contributed by atoms with Crippen molar-refractivity contribution in [3.8, 4) is 11.5 Å². The van der Waals surface area contributed by atoms with Crippen LogP contribution in [0.1, 0.15) is 34.8 Å². The van der Waals surface area contributed by atoms with Gasteiger partial charge >= 0.3 is 0 Å². The van der Waals surface area contributed by atoms with Crippen LogP contribution >= 0.6 is 11.3 Å². The highest BCUT2D eigenvalue weighted by Gasteiger charge is 2.15. The quantitative estimate of drug-likeness (QED) is 0.647. The lowest BCUT2D eigenvalue weighted by Crippen LogP contribution is -2.20. The predicted octanol–water partition coefficient (Wildman–Crippen LogP) is 3.46. The Morgan fingerprint density at radius 1 is 1.32 bits per heavy atom. The number of hydrogen-bond acceptors (Lipinski definition) is 7. The molecule has 2 aromatic heterocycles. The van der Waals surface area contributed by atoms with Crippen LogP contribution in [0.3, 0.4) is 0 Å². The Kier molecular flexibility index (Phi) is 4.78. The normalized spacial score (nSPS) is 12.5. The van der Waals surface area contributed by atoms with Gasteiger partial charge in [-0.2, -0.15) is 0 Å². The van der Waals surface area contributed by atoms with Crippen molar-refractivity contribution in [2.45, 2.75) is 33.4 Å². The average Bonchev–Trinajstić information content (AvgIpc) is 2.87. The molecule has 7 heteroatoms. The van der Waals surface area contributed by atoms with E-state index in [2.05, 4.69) is 22.2 Å². The zero-order valence-electron chi connectivity index (χ0n) is 14.8. The molecule has 3 rings (SSSR count). The minimum atomic E-state index is -0.0950. The molecule has 2 heterocycles. The van der Waals surface area contributed by atoms with Gasteiger partial charge in [0.25, 0.3) is 0 Å². The van der Waals surface area contributed by atoms with Crippen molar-refractivity contribution in [1.29, 1.82) is 0 Å². The summed E-state index contributed by atoms with van der Waals surface area (Å²) in [7, 11) is 1.60. The van der Waals surface area contributed by atoms with Gasteiger partial charge < -0.3 is 20.9 Å². The summed E-state index contributed by atoms with van der Waals surface area (Å²) in [6.45, 7) is 6.52. The Bertz CT molecular complexity index is 923. The molecule has 0 saturated heterocycles. The van der Waals surface area contributed by atoms with Crippen LogP contribution in [0, 0.1) is 13.8 Å². The number of aryl methyl sites for hydroxylation is 2. The summed E-state index contributed by atoms with van der Waals surface area (Å²) in [5.41, 5.74) is 8.03. The topological polar surface area (TPSA) is 93.3 Å². The standard InChI is InChI=1S/C18H22N4O2S/c1-9-11(3)25-18-16(9)17(19)21-15(22-18)8-20-10(2)13-7-12(24-4)5-6-14(13)23/h5-7,10,20,23H,8H2,1-4H3,(H2,19,21,22). The number of nitrogens with one attached hydrogen (secondary N) is 1. The highest BCUT2D eigenvalue weighted by atomic mass is 32.1. The van der Waals surface area contributed by atoms with E-state index in [9.17, 15) is 5.11 Å². The third-order valence-electron chi connectivity index (χ3n) is 4.37. The van der Waals surface area contributed by atoms with Crippen LogP contribution in [0.2, 0.25) is 0 Å². The maximum atomic E-state index is 10.1. The second-order valence-electron chi connectivity index (χ2n) is 6.02. The van der Waals surface area contributed by atoms with Crippen LogP contribution in [0.15, 0.2) is 18.2 Å². The Morgan fingerprint density at radius 2 is 2.08 bits per heavy atom. The number of aromatic nitrogens is 2. The molecule has 25 heavy (non-hydrogen) atoms. The molecule has 6 nitrogen and oxygen atoms in total. The fraction of sp³-hybridized carbons (Fsp3) is 0.333. The van der Waals surface area contributed by atoms with Crippen LogP contribution in [-0.4, -0.2) is 22.2 Å². The number of nitrogens with zero attached hydrogens (tertiary/aromatic N) is 2. The molecule has 0 saturated carbocycles. The van der Waals surface area contributed by atoms with Gasteiger partial charge in [-0.1, -0.05) is 0 Å². The van der Waals surface area contributed by atoms with Gasteiger partial charge in [-0.05, 0) is 44.5 Å². The van der Waals surface area contributed by atoms with Crippen LogP contribution in [0.4, 0.5) is 5.82 Å². The Hall–Kier alpha value is -2.38. The van der Waals surface area contributed by atoms with Gasteiger partial charge in [-0.3, -0.25) is 0 Å². The molecule has 132 valence electrons. The number of thiophene rings is 1. The zero-order chi connectivity index (χ0) is 18.1. The summed E-state index contributed by atoms with van der Waals surface area (Å²) in [5, 5.41) is 14.3. The number of fused-ring (bicyclic) bond motifs is 1. The summed E-state index contributed by atoms with van der Waals surface area (Å²) in [5.74, 6) is 2.08. The third kappa shape index (κ3) is 3.38. The van der Waals surface area contributed by atoms with Crippen LogP contribution in [-0.2, 0) is 6.54 Å². The van der Waals surface area contributed by atoms with E-state index < -0.39 is 0 Å². The number of phenolic OH excluding ortho intramolecular Hbond substituents is 1. The number of methoxy groups -OCH3 is 1. The summed E-state index contributed by atoms with van der Waals surface area (Å²) >= 11 is 1.63. The van der Waals surface area contributed by atoms with Crippen molar-refractivity contribution in [1.82, 2.24) is 15.3 Å². The number of rotatable bonds is 5. The zero-order valence-corrected chi connectivity index (χ0v) is 15.6. The van der Waals surface area contributed by atoms with E-state index >= 15 is 0 Å². The number of hydrogen-bond donors (Lipinski definition) is 3. The average molecular weight is 358 g/mol. The molecule has 1 unspecified atom stereocenters. The fourth-order valence-electron chi connectivity index (χ4n) is 2.77. The molecular weight excluding hydrogens is 336 g/mol. The monoisotopic (exact) mass is 358 g/mol. The predicted molar refractivity (Wildman–Crippen MR) is 101 cm³/mol. The Labute approximate surface area is 150 Å². The van der Waals surface area contributed by atoms with E-state index in [0.29, 0.717) is 23.9 Å². The van der Waals surface area contributed by atoms with E-state index in [4.69, 9.17) is 10.5 Å². The SMILES string of the molecule is COc1ccc(O)c(C(C)NCc2nc(N)c3c(C)c(C)sc3n2)c1. The molecule has 0 bridgehead atoms. The minimum absolute atomic E-state index is 0.0950. The van der Waals surface area contributed by atoms with Crippen molar-refractivity contribution in [3.05, 3.63) is 40.0 Å². The van der Waals surface area contributed by atoms with Gasteiger partial charge in [0.1, 0.15) is 28.0 Å². The molecule has 0 aliphatic heterocycles. The fourth-order valence-corrected chi connectivity index (χ4v) is 3.82. The van der Waals surface area contributed by atoms with Crippen LogP contribution < -0.4 is 15.8 Å². The minimum Gasteiger partial charge on any atom is -0.508 e. The number of ether oxygens (including phenoxy) is 1. The molecule has 0 fully saturated rings. The number of nitrogens with two attached hydrogens (primary N) is 1. The summed E-state index contributed by atoms with van der Waals surface area (Å²) in [4.78, 5) is 11.2. The molecule has 0 radical (unpaired) electrons. The van der Waals surface area contributed by atoms with Crippen LogP contribution in [0.25, 0.3) is 10.2 Å². The summed E-state index contributed by atoms with van der Waals surface area (Å²) in [6, 6.07) is 5.08. The molecule has 0 spiro atoms. The number of phenols is 1. The lowest BCUT2D eigenvalue weighted by atomic mass is 10.1. The van der Waals surface area contributed by atoms with Crippen molar-refractivity contribution >= 4 is 27.4 Å². The summed E-state index contributed by atoms with van der Waals surface area (Å²) in [6.07, 6.45) is 0. The van der Waals surface area contributed by atoms with Gasteiger partial charge in [0.05, 0.1) is 19.0 Å². The first-order valence-electron chi connectivity index (χ1n) is 8.03. The number of aromatic hydroxyl groups is 1. The van der Waals surface area contributed by atoms with Crippen molar-refractivity contribution < 1.29 is 9.84 Å². The first-order valence-corrected chi connectivity index (χ1v) is 8.84. The third-order valence-corrected chi connectivity index (χ3v) is 5.47. The molecule has 4 N–H and O–H groups in total. The molecule has 1 aromatic carbocycles. The van der Waals surface area contributed by atoms with Gasteiger partial charge in [0.2, 0.25) is 0 Å². The van der Waals surface area contributed by atoms with E-state index in [1.807, 2.05) is 19.9 Å². The van der Waals surface area contributed by atoms with Crippen LogP contribution in [0.5, 0.6) is 11.5 Å². The largest absolute Gasteiger partial charge is 0.508 e. The highest BCUT2D eigenvalue weighted by Crippen LogP contribution is 2.32. The first kappa shape index (κ1) is 17.4. The maximum absolute atomic E-state index is 10.1. The van der Waals surface area contributed by atoms with E-state index in [1.54, 1.807) is 30.6 Å². The molecule has 0 aliphatic rings. The first-order chi connectivity index (χ1) is 11.9. The molecule has 1 atom stereocenters. The van der Waals surface area contributed by atoms with E-state index in [-0.39, 0.29) is 11.8 Å². The van der Waals surface area contributed by atoms with E-state index in [1.165, 1.54) is 4.88 Å². The molecule has 0 amide bonds. The second-order valence-corrected chi connectivity index (χ2v) is 7.22. The molecular formula is C18H22N4O2S. The molecule has 0 aliphatic carbocycles. The number of benzene rings is 1. The second kappa shape index (κ2) is 6.85. The maximum Gasteiger partial charge on any atom is 0.146 e. The van der Waals surface area contributed by atoms with Gasteiger partial charge in [0.15, 0.2) is 0 Å². The van der Waals surface area contributed by atoms with Crippen molar-refractivity contribution in [3.63, 3.8) is 0 Å². The lowest BCUT2D eigenvalue weighted by molar-refractivity contribution is 0.407. The highest BCUT2D eigenvalue weighted by molar-refractivity contribution is 7.18. The Morgan fingerprint density at radius 3 is 2.80 bits per heavy atom. The van der Waals surface area contributed by atoms with E-state index in [0.717, 1.165) is 21.3 Å². The smallest absolute Gasteiger partial charge is 0.146 e. The lowest BCUT2D eigenvalue weighted by Gasteiger charge is -2.16. The van der Waals surface area contributed by atoms with Gasteiger partial charge in [-0.15, -0.1) is 11.3 Å².